The third kappa shape index (κ3) is 3.09. The average molecular weight is 387 g/mol. The number of allylic oxidation sites excluding steroid dienone is 3. The summed E-state index contributed by atoms with van der Waals surface area (Å²) >= 11 is 0. The van der Waals surface area contributed by atoms with Gasteiger partial charge in [-0.15, -0.1) is 0 Å². The molecule has 2 fully saturated rings. The van der Waals surface area contributed by atoms with Gasteiger partial charge >= 0.3 is 5.97 Å². The summed E-state index contributed by atoms with van der Waals surface area (Å²) in [5.74, 6) is 2.65. The monoisotopic (exact) mass is 386 g/mol. The Bertz CT molecular complexity index is 692. The summed E-state index contributed by atoms with van der Waals surface area (Å²) < 4.78 is 4.85. The first-order chi connectivity index (χ1) is 13.3. The Morgan fingerprint density at radius 3 is 2.68 bits per heavy atom. The van der Waals surface area contributed by atoms with Gasteiger partial charge in [-0.3, -0.25) is 4.79 Å². The zero-order valence-corrected chi connectivity index (χ0v) is 18.2. The lowest BCUT2D eigenvalue weighted by molar-refractivity contribution is -0.140. The number of ether oxygens (including phenoxy) is 1. The van der Waals surface area contributed by atoms with E-state index in [0.717, 1.165) is 43.4 Å². The predicted octanol–water partition coefficient (Wildman–Crippen LogP) is 5.44. The highest BCUT2D eigenvalue weighted by Gasteiger charge is 2.56. The van der Waals surface area contributed by atoms with Crippen molar-refractivity contribution in [2.45, 2.75) is 84.7 Å². The number of esters is 1. The van der Waals surface area contributed by atoms with Crippen LogP contribution < -0.4 is 0 Å². The lowest BCUT2D eigenvalue weighted by Gasteiger charge is -2.58. The topological polar surface area (TPSA) is 46.5 Å². The van der Waals surface area contributed by atoms with Crippen LogP contribution in [0.15, 0.2) is 23.3 Å². The van der Waals surface area contributed by atoms with Crippen LogP contribution in [0.1, 0.15) is 78.6 Å². The van der Waals surface area contributed by atoms with Gasteiger partial charge in [0.05, 0.1) is 13.2 Å². The molecule has 3 heteroatoms. The van der Waals surface area contributed by atoms with E-state index in [2.05, 4.69) is 32.9 Å². The second-order valence-corrected chi connectivity index (χ2v) is 10.5. The van der Waals surface area contributed by atoms with E-state index in [1.165, 1.54) is 32.8 Å². The van der Waals surface area contributed by atoms with Crippen LogP contribution in [-0.2, 0) is 9.53 Å². The van der Waals surface area contributed by atoms with Crippen LogP contribution in [0.2, 0.25) is 0 Å². The number of hydrogen-bond donors (Lipinski definition) is 1. The van der Waals surface area contributed by atoms with Crippen molar-refractivity contribution in [2.75, 3.05) is 7.11 Å². The number of fused-ring (bicyclic) bond motifs is 5. The minimum Gasteiger partial charge on any atom is -0.469 e. The zero-order chi connectivity index (χ0) is 20.1. The van der Waals surface area contributed by atoms with Crippen molar-refractivity contribution in [3.63, 3.8) is 0 Å². The molecule has 4 rings (SSSR count). The minimum absolute atomic E-state index is 0.0896. The molecule has 0 saturated heterocycles. The number of carbonyl (C=O) groups is 1. The maximum absolute atomic E-state index is 11.6. The molecule has 156 valence electrons. The van der Waals surface area contributed by atoms with Gasteiger partial charge in [0, 0.05) is 6.42 Å². The van der Waals surface area contributed by atoms with Crippen molar-refractivity contribution in [2.24, 2.45) is 34.5 Å². The fraction of sp³-hybridized carbons (Fsp3) is 0.800. The fourth-order valence-corrected chi connectivity index (χ4v) is 7.60. The van der Waals surface area contributed by atoms with Gasteiger partial charge in [-0.2, -0.15) is 0 Å². The summed E-state index contributed by atoms with van der Waals surface area (Å²) in [5, 5.41) is 10.2. The van der Waals surface area contributed by atoms with Crippen molar-refractivity contribution in [3.05, 3.63) is 23.3 Å². The van der Waals surface area contributed by atoms with Crippen molar-refractivity contribution in [1.29, 1.82) is 0 Å². The van der Waals surface area contributed by atoms with Crippen LogP contribution in [-0.4, -0.2) is 24.3 Å². The normalized spacial score (nSPS) is 43.2. The summed E-state index contributed by atoms with van der Waals surface area (Å²) in [6.07, 6.45) is 14.3. The van der Waals surface area contributed by atoms with Crippen LogP contribution in [0.5, 0.6) is 0 Å². The van der Waals surface area contributed by atoms with E-state index in [4.69, 9.17) is 4.74 Å². The maximum atomic E-state index is 11.6. The number of rotatable bonds is 4. The largest absolute Gasteiger partial charge is 0.469 e. The average Bonchev–Trinajstić information content (AvgIpc) is 3.03. The first-order valence-electron chi connectivity index (χ1n) is 11.4. The molecule has 3 nitrogen and oxygen atoms in total. The Morgan fingerprint density at radius 2 is 1.93 bits per heavy atom. The summed E-state index contributed by atoms with van der Waals surface area (Å²) in [6, 6.07) is 0. The molecule has 0 radical (unpaired) electrons. The zero-order valence-electron chi connectivity index (χ0n) is 18.2. The van der Waals surface area contributed by atoms with Crippen molar-refractivity contribution in [1.82, 2.24) is 0 Å². The summed E-state index contributed by atoms with van der Waals surface area (Å²) in [4.78, 5) is 11.6. The van der Waals surface area contributed by atoms with Gasteiger partial charge in [-0.1, -0.05) is 44.1 Å². The van der Waals surface area contributed by atoms with Gasteiger partial charge < -0.3 is 9.84 Å². The molecule has 28 heavy (non-hydrogen) atoms. The van der Waals surface area contributed by atoms with Crippen molar-refractivity contribution >= 4 is 5.97 Å². The first kappa shape index (κ1) is 20.2. The van der Waals surface area contributed by atoms with Crippen molar-refractivity contribution in [3.8, 4) is 0 Å². The molecule has 4 aliphatic rings. The second-order valence-electron chi connectivity index (χ2n) is 10.5. The van der Waals surface area contributed by atoms with Crippen LogP contribution in [0.25, 0.3) is 0 Å². The van der Waals surface area contributed by atoms with E-state index in [9.17, 15) is 9.90 Å². The molecule has 4 aliphatic carbocycles. The smallest absolute Gasteiger partial charge is 0.305 e. The molecule has 0 aromatic carbocycles. The molecular weight excluding hydrogens is 348 g/mol. The third-order valence-corrected chi connectivity index (χ3v) is 9.26. The molecule has 1 N–H and O–H groups in total. The van der Waals surface area contributed by atoms with Gasteiger partial charge in [-0.25, -0.2) is 0 Å². The second kappa shape index (κ2) is 7.31. The Morgan fingerprint density at radius 1 is 1.18 bits per heavy atom. The van der Waals surface area contributed by atoms with Crippen molar-refractivity contribution < 1.29 is 14.6 Å². The molecule has 0 amide bonds. The van der Waals surface area contributed by atoms with E-state index < -0.39 is 0 Å². The highest BCUT2D eigenvalue weighted by Crippen LogP contribution is 2.65. The lowest BCUT2D eigenvalue weighted by Crippen LogP contribution is -2.50. The highest BCUT2D eigenvalue weighted by atomic mass is 16.5. The van der Waals surface area contributed by atoms with Gasteiger partial charge in [0.2, 0.25) is 0 Å². The molecule has 0 aromatic rings. The molecule has 0 aliphatic heterocycles. The maximum Gasteiger partial charge on any atom is 0.305 e. The molecule has 0 heterocycles. The molecule has 2 saturated carbocycles. The predicted molar refractivity (Wildman–Crippen MR) is 112 cm³/mol. The Balaban J connectivity index is 1.52. The molecule has 0 bridgehead atoms. The number of aliphatic hydroxyl groups excluding tert-OH is 1. The number of aliphatic hydroxyl groups is 1. The van der Waals surface area contributed by atoms with Crippen LogP contribution in [0, 0.1) is 34.5 Å². The number of hydrogen-bond acceptors (Lipinski definition) is 3. The molecular formula is C25H38O3. The van der Waals surface area contributed by atoms with Gasteiger partial charge in [0.25, 0.3) is 0 Å². The highest BCUT2D eigenvalue weighted by molar-refractivity contribution is 5.69. The van der Waals surface area contributed by atoms with E-state index >= 15 is 0 Å². The standard InChI is InChI=1S/C25H38O3/c1-16(5-10-23(27)28-4)20-8-9-21-19-7-6-17-15-18(26)11-13-24(17,2)22(19)12-14-25(20,21)3/h6,8,16,18-19,21-22,26H,5,7,9-15H2,1-4H3/t16-,18+,19+,21+,22+,24+,25-/m1/s1. The van der Waals surface area contributed by atoms with E-state index in [1.54, 1.807) is 11.1 Å². The lowest BCUT2D eigenvalue weighted by atomic mass is 9.47. The minimum atomic E-state index is -0.125. The molecule has 0 aromatic heterocycles. The summed E-state index contributed by atoms with van der Waals surface area (Å²) in [7, 11) is 1.48. The Hall–Kier alpha value is -1.09. The van der Waals surface area contributed by atoms with Gasteiger partial charge in [0.1, 0.15) is 0 Å². The molecule has 7 atom stereocenters. The fourth-order valence-electron chi connectivity index (χ4n) is 7.60. The molecule has 0 spiro atoms. The summed E-state index contributed by atoms with van der Waals surface area (Å²) in [5.41, 5.74) is 3.77. The Labute approximate surface area is 170 Å². The quantitative estimate of drug-likeness (QED) is 0.517. The molecule has 0 unspecified atom stereocenters. The van der Waals surface area contributed by atoms with E-state index in [1.807, 2.05) is 0 Å². The van der Waals surface area contributed by atoms with Crippen LogP contribution in [0.4, 0.5) is 0 Å². The Kier molecular flexibility index (Phi) is 5.27. The summed E-state index contributed by atoms with van der Waals surface area (Å²) in [6.45, 7) is 7.30. The van der Waals surface area contributed by atoms with E-state index in [0.29, 0.717) is 23.2 Å². The van der Waals surface area contributed by atoms with Crippen LogP contribution in [0.3, 0.4) is 0 Å². The van der Waals surface area contributed by atoms with Gasteiger partial charge in [-0.05, 0) is 85.9 Å². The van der Waals surface area contributed by atoms with Gasteiger partial charge in [0.15, 0.2) is 0 Å². The number of carbonyl (C=O) groups excluding carboxylic acids is 1. The van der Waals surface area contributed by atoms with Crippen LogP contribution >= 0.6 is 0 Å². The number of methoxy groups -OCH3 is 1. The SMILES string of the molecule is COC(=O)CC[C@@H](C)C1=CC[C@H]2[C@@H]3CC=C4C[C@@H](O)CC[C@]4(C)[C@H]3CC[C@]12C. The van der Waals surface area contributed by atoms with E-state index in [-0.39, 0.29) is 12.1 Å². The first-order valence-corrected chi connectivity index (χ1v) is 11.4. The third-order valence-electron chi connectivity index (χ3n) is 9.26.